The molecule has 0 fully saturated rings. The Balaban J connectivity index is 1.64. The molecular weight excluding hydrogens is 334 g/mol. The topological polar surface area (TPSA) is 53.7 Å². The van der Waals surface area contributed by atoms with Crippen LogP contribution < -0.4 is 4.90 Å². The number of azo groups is 1. The zero-order chi connectivity index (χ0) is 18.3. The first-order valence-corrected chi connectivity index (χ1v) is 8.59. The van der Waals surface area contributed by atoms with Gasteiger partial charge in [-0.1, -0.05) is 30.3 Å². The van der Waals surface area contributed by atoms with Crippen molar-refractivity contribution in [3.63, 3.8) is 0 Å². The van der Waals surface area contributed by atoms with Crippen LogP contribution in [0.15, 0.2) is 114 Å². The molecule has 0 aliphatic carbocycles. The number of nitrogens with zero attached hydrogens (tertiary/aromatic N) is 5. The van der Waals surface area contributed by atoms with Crippen LogP contribution in [0.1, 0.15) is 0 Å². The monoisotopic (exact) mass is 351 g/mol. The normalized spacial score (nSPS) is 10.8. The van der Waals surface area contributed by atoms with Gasteiger partial charge in [0.05, 0.1) is 11.4 Å². The average molecular weight is 351 g/mol. The number of benzene rings is 2. The molecule has 0 N–H and O–H groups in total. The molecule has 0 saturated carbocycles. The van der Waals surface area contributed by atoms with Crippen LogP contribution in [0.5, 0.6) is 0 Å². The lowest BCUT2D eigenvalue weighted by atomic mass is 10.2. The third-order valence-corrected chi connectivity index (χ3v) is 3.90. The molecule has 0 saturated heterocycles. The first-order chi connectivity index (χ1) is 13.4. The highest BCUT2D eigenvalue weighted by atomic mass is 15.2. The third-order valence-electron chi connectivity index (χ3n) is 3.90. The Bertz CT molecular complexity index is 961. The van der Waals surface area contributed by atoms with Crippen LogP contribution >= 0.6 is 0 Å². The average Bonchev–Trinajstić information content (AvgIpc) is 2.76. The zero-order valence-corrected chi connectivity index (χ0v) is 14.6. The molecular formula is C22H17N5. The van der Waals surface area contributed by atoms with Gasteiger partial charge in [-0.3, -0.25) is 4.90 Å². The predicted octanol–water partition coefficient (Wildman–Crippen LogP) is 6.36. The second kappa shape index (κ2) is 8.01. The van der Waals surface area contributed by atoms with Gasteiger partial charge in [-0.15, -0.1) is 0 Å². The summed E-state index contributed by atoms with van der Waals surface area (Å²) in [6.07, 6.45) is 3.54. The molecule has 0 aliphatic rings. The number of aromatic nitrogens is 2. The Morgan fingerprint density at radius 1 is 0.519 bits per heavy atom. The van der Waals surface area contributed by atoms with E-state index in [1.807, 2.05) is 95.9 Å². The summed E-state index contributed by atoms with van der Waals surface area (Å²) in [4.78, 5) is 10.9. The van der Waals surface area contributed by atoms with E-state index in [1.165, 1.54) is 0 Å². The molecule has 0 radical (unpaired) electrons. The number of hydrogen-bond acceptors (Lipinski definition) is 5. The first-order valence-electron chi connectivity index (χ1n) is 8.59. The van der Waals surface area contributed by atoms with E-state index in [2.05, 4.69) is 20.2 Å². The molecule has 2 aromatic carbocycles. The highest BCUT2D eigenvalue weighted by molar-refractivity contribution is 5.72. The zero-order valence-electron chi connectivity index (χ0n) is 14.6. The maximum atomic E-state index is 4.47. The van der Waals surface area contributed by atoms with E-state index in [4.69, 9.17) is 0 Å². The van der Waals surface area contributed by atoms with Crippen molar-refractivity contribution in [1.29, 1.82) is 0 Å². The largest absolute Gasteiger partial charge is 0.279 e. The molecule has 2 heterocycles. The van der Waals surface area contributed by atoms with Gasteiger partial charge in [-0.25, -0.2) is 9.97 Å². The fourth-order valence-corrected chi connectivity index (χ4v) is 2.63. The Labute approximate surface area is 157 Å². The molecule has 0 spiro atoms. The molecule has 0 bridgehead atoms. The summed E-state index contributed by atoms with van der Waals surface area (Å²) in [7, 11) is 0. The molecule has 0 unspecified atom stereocenters. The Kier molecular flexibility index (Phi) is 4.93. The molecule has 5 heteroatoms. The van der Waals surface area contributed by atoms with E-state index in [-0.39, 0.29) is 0 Å². The second-order valence-corrected chi connectivity index (χ2v) is 5.76. The van der Waals surface area contributed by atoms with Gasteiger partial charge in [-0.05, 0) is 60.7 Å². The number of anilines is 3. The molecule has 0 aliphatic heterocycles. The van der Waals surface area contributed by atoms with Crippen LogP contribution in [-0.4, -0.2) is 9.97 Å². The predicted molar refractivity (Wildman–Crippen MR) is 107 cm³/mol. The van der Waals surface area contributed by atoms with Crippen LogP contribution in [0, 0.1) is 0 Å². The molecule has 4 aromatic rings. The molecule has 5 nitrogen and oxygen atoms in total. The van der Waals surface area contributed by atoms with Crippen molar-refractivity contribution in [2.45, 2.75) is 0 Å². The SMILES string of the molecule is c1ccc(N=Nc2ccc(N(c3ccccn3)c3ccccn3)cc2)cc1. The van der Waals surface area contributed by atoms with Gasteiger partial charge in [0.25, 0.3) is 0 Å². The van der Waals surface area contributed by atoms with Crippen LogP contribution in [0.2, 0.25) is 0 Å². The third kappa shape index (κ3) is 4.04. The van der Waals surface area contributed by atoms with Crippen molar-refractivity contribution in [3.8, 4) is 0 Å². The molecule has 0 atom stereocenters. The fourth-order valence-electron chi connectivity index (χ4n) is 2.63. The van der Waals surface area contributed by atoms with E-state index in [1.54, 1.807) is 12.4 Å². The van der Waals surface area contributed by atoms with Crippen LogP contribution in [0.25, 0.3) is 0 Å². The minimum absolute atomic E-state index is 0.782. The van der Waals surface area contributed by atoms with Crippen LogP contribution in [0.4, 0.5) is 28.7 Å². The number of rotatable bonds is 5. The molecule has 27 heavy (non-hydrogen) atoms. The van der Waals surface area contributed by atoms with E-state index in [0.29, 0.717) is 0 Å². The second-order valence-electron chi connectivity index (χ2n) is 5.76. The van der Waals surface area contributed by atoms with Gasteiger partial charge in [0.1, 0.15) is 11.6 Å². The lowest BCUT2D eigenvalue weighted by Gasteiger charge is -2.22. The molecule has 130 valence electrons. The summed E-state index contributed by atoms with van der Waals surface area (Å²) in [6, 6.07) is 29.1. The van der Waals surface area contributed by atoms with Gasteiger partial charge in [-0.2, -0.15) is 10.2 Å². The van der Waals surface area contributed by atoms with Gasteiger partial charge >= 0.3 is 0 Å². The van der Waals surface area contributed by atoms with Crippen molar-refractivity contribution in [2.75, 3.05) is 4.90 Å². The fraction of sp³-hybridized carbons (Fsp3) is 0. The summed E-state index contributed by atoms with van der Waals surface area (Å²) in [5.41, 5.74) is 2.56. The minimum Gasteiger partial charge on any atom is -0.279 e. The summed E-state index contributed by atoms with van der Waals surface area (Å²) < 4.78 is 0. The van der Waals surface area contributed by atoms with E-state index < -0.39 is 0 Å². The maximum absolute atomic E-state index is 4.47. The lowest BCUT2D eigenvalue weighted by molar-refractivity contribution is 1.12. The van der Waals surface area contributed by atoms with Crippen molar-refractivity contribution in [3.05, 3.63) is 103 Å². The quantitative estimate of drug-likeness (QED) is 0.393. The maximum Gasteiger partial charge on any atom is 0.138 e. The first kappa shape index (κ1) is 16.6. The van der Waals surface area contributed by atoms with Crippen molar-refractivity contribution in [2.24, 2.45) is 10.2 Å². The Hall–Kier alpha value is -3.86. The Morgan fingerprint density at radius 2 is 1.04 bits per heavy atom. The summed E-state index contributed by atoms with van der Waals surface area (Å²) >= 11 is 0. The molecule has 0 amide bonds. The van der Waals surface area contributed by atoms with Gasteiger partial charge in [0.15, 0.2) is 0 Å². The number of pyridine rings is 2. The van der Waals surface area contributed by atoms with Crippen molar-refractivity contribution < 1.29 is 0 Å². The van der Waals surface area contributed by atoms with Gasteiger partial charge in [0.2, 0.25) is 0 Å². The van der Waals surface area contributed by atoms with Crippen LogP contribution in [-0.2, 0) is 0 Å². The molecule has 4 rings (SSSR count). The highest BCUT2D eigenvalue weighted by Crippen LogP contribution is 2.32. The van der Waals surface area contributed by atoms with E-state index in [0.717, 1.165) is 28.7 Å². The lowest BCUT2D eigenvalue weighted by Crippen LogP contribution is -2.12. The number of hydrogen-bond donors (Lipinski definition) is 0. The van der Waals surface area contributed by atoms with Crippen molar-refractivity contribution >= 4 is 28.7 Å². The van der Waals surface area contributed by atoms with E-state index >= 15 is 0 Å². The minimum atomic E-state index is 0.782. The van der Waals surface area contributed by atoms with Crippen molar-refractivity contribution in [1.82, 2.24) is 9.97 Å². The standard InChI is InChI=1S/C22H17N5/c1-2-8-18(9-3-1)25-26-19-12-14-20(15-13-19)27(21-10-4-6-16-23-21)22-11-5-7-17-24-22/h1-17H. The van der Waals surface area contributed by atoms with Gasteiger partial charge < -0.3 is 0 Å². The Morgan fingerprint density at radius 3 is 1.56 bits per heavy atom. The molecule has 2 aromatic heterocycles. The smallest absolute Gasteiger partial charge is 0.138 e. The summed E-state index contributed by atoms with van der Waals surface area (Å²) in [6.45, 7) is 0. The van der Waals surface area contributed by atoms with Crippen LogP contribution in [0.3, 0.4) is 0 Å². The van der Waals surface area contributed by atoms with E-state index in [9.17, 15) is 0 Å². The van der Waals surface area contributed by atoms with Gasteiger partial charge in [0, 0.05) is 18.1 Å². The highest BCUT2D eigenvalue weighted by Gasteiger charge is 2.13. The summed E-state index contributed by atoms with van der Waals surface area (Å²) in [5, 5.41) is 8.55. The summed E-state index contributed by atoms with van der Waals surface area (Å²) in [5.74, 6) is 1.60.